The molecule has 0 aliphatic heterocycles. The maximum atomic E-state index is 10.1. The van der Waals surface area contributed by atoms with Crippen molar-refractivity contribution in [2.45, 2.75) is 6.10 Å². The number of thioether (sulfide) groups is 1. The van der Waals surface area contributed by atoms with Crippen LogP contribution in [0.15, 0.2) is 0 Å². The number of rotatable bonds is 4. The minimum absolute atomic E-state index is 0.0587. The number of hydrogen-bond donors (Lipinski definition) is 3. The highest BCUT2D eigenvalue weighted by molar-refractivity contribution is 8.13. The summed E-state index contributed by atoms with van der Waals surface area (Å²) in [5.74, 6) is -0.899. The molecular formula is C4H9N2O4S2-. The molecule has 0 aromatic heterocycles. The Labute approximate surface area is 74.4 Å². The van der Waals surface area contributed by atoms with Gasteiger partial charge in [0.1, 0.15) is 0 Å². The van der Waals surface area contributed by atoms with E-state index in [-0.39, 0.29) is 10.9 Å². The number of aliphatic hydroxyl groups is 1. The first-order valence-corrected chi connectivity index (χ1v) is 5.46. The van der Waals surface area contributed by atoms with E-state index in [4.69, 9.17) is 16.2 Å². The first kappa shape index (κ1) is 11.7. The normalized spacial score (nSPS) is 14.2. The minimum Gasteiger partial charge on any atom is -0.748 e. The van der Waals surface area contributed by atoms with Gasteiger partial charge in [-0.25, -0.2) is 8.42 Å². The number of nitrogens with one attached hydrogen (secondary N) is 1. The molecule has 0 aromatic carbocycles. The first-order chi connectivity index (χ1) is 5.31. The van der Waals surface area contributed by atoms with Crippen molar-refractivity contribution in [2.24, 2.45) is 5.73 Å². The molecule has 0 bridgehead atoms. The van der Waals surface area contributed by atoms with Crippen molar-refractivity contribution >= 4 is 27.0 Å². The first-order valence-electron chi connectivity index (χ1n) is 2.89. The third-order valence-electron chi connectivity index (χ3n) is 0.828. The fourth-order valence-electron chi connectivity index (χ4n) is 0.470. The SMILES string of the molecule is N=C(N)SC[C@@H](O)CS(=O)(=O)[O-]. The molecule has 12 heavy (non-hydrogen) atoms. The van der Waals surface area contributed by atoms with E-state index < -0.39 is 22.0 Å². The van der Waals surface area contributed by atoms with Crippen LogP contribution in [0.2, 0.25) is 0 Å². The molecule has 0 amide bonds. The maximum absolute atomic E-state index is 10.1. The average molecular weight is 213 g/mol. The van der Waals surface area contributed by atoms with Crippen LogP contribution in [0, 0.1) is 5.41 Å². The van der Waals surface area contributed by atoms with Crippen LogP contribution < -0.4 is 5.73 Å². The highest BCUT2D eigenvalue weighted by Crippen LogP contribution is 2.02. The van der Waals surface area contributed by atoms with Gasteiger partial charge in [-0.1, -0.05) is 11.8 Å². The summed E-state index contributed by atoms with van der Waals surface area (Å²) in [6.45, 7) is 0. The van der Waals surface area contributed by atoms with Crippen molar-refractivity contribution < 1.29 is 18.1 Å². The van der Waals surface area contributed by atoms with E-state index in [2.05, 4.69) is 0 Å². The Morgan fingerprint density at radius 2 is 2.25 bits per heavy atom. The Morgan fingerprint density at radius 3 is 2.58 bits per heavy atom. The lowest BCUT2D eigenvalue weighted by molar-refractivity contribution is 0.219. The molecule has 0 rings (SSSR count). The predicted octanol–water partition coefficient (Wildman–Crippen LogP) is -1.48. The fourth-order valence-corrected chi connectivity index (χ4v) is 1.70. The lowest BCUT2D eigenvalue weighted by Crippen LogP contribution is -2.24. The van der Waals surface area contributed by atoms with Crippen LogP contribution in [-0.2, 0) is 10.1 Å². The summed E-state index contributed by atoms with van der Waals surface area (Å²) in [4.78, 5) is 0. The Hall–Kier alpha value is -0.310. The van der Waals surface area contributed by atoms with Gasteiger partial charge in [-0.3, -0.25) is 5.41 Å². The number of nitrogens with two attached hydrogens (primary N) is 1. The molecule has 0 aliphatic rings. The highest BCUT2D eigenvalue weighted by Gasteiger charge is 2.08. The van der Waals surface area contributed by atoms with Crippen molar-refractivity contribution in [2.75, 3.05) is 11.5 Å². The summed E-state index contributed by atoms with van der Waals surface area (Å²) in [5.41, 5.74) is 4.91. The van der Waals surface area contributed by atoms with Crippen molar-refractivity contribution in [3.05, 3.63) is 0 Å². The van der Waals surface area contributed by atoms with Crippen LogP contribution in [0.25, 0.3) is 0 Å². The summed E-state index contributed by atoms with van der Waals surface area (Å²) >= 11 is 0.788. The Morgan fingerprint density at radius 1 is 1.75 bits per heavy atom. The largest absolute Gasteiger partial charge is 0.748 e. The van der Waals surface area contributed by atoms with E-state index in [0.29, 0.717) is 0 Å². The Bertz CT molecular complexity index is 250. The van der Waals surface area contributed by atoms with E-state index in [1.54, 1.807) is 0 Å². The van der Waals surface area contributed by atoms with Crippen LogP contribution >= 0.6 is 11.8 Å². The molecule has 1 atom stereocenters. The monoisotopic (exact) mass is 213 g/mol. The van der Waals surface area contributed by atoms with Crippen LogP contribution in [0.3, 0.4) is 0 Å². The molecule has 0 unspecified atom stereocenters. The van der Waals surface area contributed by atoms with Crippen molar-refractivity contribution in [1.29, 1.82) is 5.41 Å². The van der Waals surface area contributed by atoms with Gasteiger partial charge >= 0.3 is 0 Å². The average Bonchev–Trinajstić information content (AvgIpc) is 1.79. The standard InChI is InChI=1S/C4H10N2O4S2/c5-4(6)11-1-3(7)2-12(8,9)10/h3,7H,1-2H2,(H3,5,6)(H,8,9,10)/p-1/t3-/m1/s1. The van der Waals surface area contributed by atoms with Gasteiger partial charge in [0.2, 0.25) is 0 Å². The van der Waals surface area contributed by atoms with Gasteiger partial charge in [-0.05, 0) is 0 Å². The zero-order chi connectivity index (χ0) is 9.78. The van der Waals surface area contributed by atoms with Crippen molar-refractivity contribution in [3.8, 4) is 0 Å². The molecule has 72 valence electrons. The predicted molar refractivity (Wildman–Crippen MR) is 44.9 cm³/mol. The topological polar surface area (TPSA) is 127 Å². The van der Waals surface area contributed by atoms with Crippen molar-refractivity contribution in [3.63, 3.8) is 0 Å². The maximum Gasteiger partial charge on any atom is 0.151 e. The lowest BCUT2D eigenvalue weighted by Gasteiger charge is -2.11. The zero-order valence-corrected chi connectivity index (χ0v) is 7.69. The van der Waals surface area contributed by atoms with E-state index in [9.17, 15) is 13.0 Å². The molecule has 8 heteroatoms. The van der Waals surface area contributed by atoms with E-state index in [1.165, 1.54) is 0 Å². The van der Waals surface area contributed by atoms with Crippen molar-refractivity contribution in [1.82, 2.24) is 0 Å². The summed E-state index contributed by atoms with van der Waals surface area (Å²) in [6.07, 6.45) is -1.26. The molecule has 0 fully saturated rings. The number of amidine groups is 1. The third-order valence-corrected chi connectivity index (χ3v) is 2.48. The van der Waals surface area contributed by atoms with Gasteiger partial charge in [0.15, 0.2) is 5.17 Å². The summed E-state index contributed by atoms with van der Waals surface area (Å²) < 4.78 is 30.2. The molecule has 6 nitrogen and oxygen atoms in total. The van der Waals surface area contributed by atoms with Crippen LogP contribution in [0.1, 0.15) is 0 Å². The second-order valence-electron chi connectivity index (χ2n) is 2.05. The van der Waals surface area contributed by atoms with Gasteiger partial charge in [-0.15, -0.1) is 0 Å². The lowest BCUT2D eigenvalue weighted by atomic mass is 10.5. The molecule has 0 spiro atoms. The molecule has 0 saturated carbocycles. The summed E-state index contributed by atoms with van der Waals surface area (Å²) in [6, 6.07) is 0. The third kappa shape index (κ3) is 7.79. The van der Waals surface area contributed by atoms with E-state index >= 15 is 0 Å². The number of aliphatic hydroxyl groups excluding tert-OH is 1. The van der Waals surface area contributed by atoms with Gasteiger partial charge in [0.05, 0.1) is 22.0 Å². The summed E-state index contributed by atoms with van der Waals surface area (Å²) in [5, 5.41) is 15.4. The van der Waals surface area contributed by atoms with Gasteiger partial charge in [0, 0.05) is 5.75 Å². The van der Waals surface area contributed by atoms with Crippen LogP contribution in [0.5, 0.6) is 0 Å². The quantitative estimate of drug-likeness (QED) is 0.297. The van der Waals surface area contributed by atoms with Gasteiger partial charge < -0.3 is 15.4 Å². The van der Waals surface area contributed by atoms with Crippen LogP contribution in [-0.4, -0.2) is 40.9 Å². The minimum atomic E-state index is -4.40. The van der Waals surface area contributed by atoms with Gasteiger partial charge in [0.25, 0.3) is 0 Å². The van der Waals surface area contributed by atoms with E-state index in [1.807, 2.05) is 0 Å². The van der Waals surface area contributed by atoms with Gasteiger partial charge in [-0.2, -0.15) is 0 Å². The van der Waals surface area contributed by atoms with Crippen LogP contribution in [0.4, 0.5) is 0 Å². The highest BCUT2D eigenvalue weighted by atomic mass is 32.2. The fraction of sp³-hybridized carbons (Fsp3) is 0.750. The van der Waals surface area contributed by atoms with E-state index in [0.717, 1.165) is 11.8 Å². The smallest absolute Gasteiger partial charge is 0.151 e. The molecule has 0 aromatic rings. The molecule has 0 aliphatic carbocycles. The molecule has 4 N–H and O–H groups in total. The Balaban J connectivity index is 3.75. The Kier molecular flexibility index (Phi) is 4.53. The molecule has 0 heterocycles. The number of hydrogen-bond acceptors (Lipinski definition) is 6. The molecule has 0 saturated heterocycles. The summed E-state index contributed by atoms with van der Waals surface area (Å²) in [7, 11) is -4.40. The zero-order valence-electron chi connectivity index (χ0n) is 6.06. The second kappa shape index (κ2) is 4.65. The molecule has 0 radical (unpaired) electrons. The molecular weight excluding hydrogens is 204 g/mol. The second-order valence-corrected chi connectivity index (χ2v) is 4.56.